The standard InChI is InChI=1S/C34H35N5O6S2/c1-21(2)47(43,44)28-8-6-7-25(16-28)31(41)36-19-30(40)39-32-38-29(20-46-32)27-14-23(17-35)13-26(15-27)24-11-9-22(10-12-24)18-37-33(42)45-34(3,4)5/h6-16,20-21H,18-19H2,1-5H3,(H,36,41)(H,37,42)(H,38,39,40). The van der Waals surface area contributed by atoms with Gasteiger partial charge in [-0.3, -0.25) is 9.59 Å². The molecule has 0 spiro atoms. The number of nitrogens with zero attached hydrogens (tertiary/aromatic N) is 2. The SMILES string of the molecule is CC(C)S(=O)(=O)c1cccc(C(=O)NCC(=O)Nc2nc(-c3cc(C#N)cc(-c4ccc(CNC(=O)OC(C)(C)C)cc4)c3)cs2)c1. The van der Waals surface area contributed by atoms with Gasteiger partial charge in [0, 0.05) is 23.1 Å². The average Bonchev–Trinajstić information content (AvgIpc) is 3.50. The van der Waals surface area contributed by atoms with E-state index in [1.165, 1.54) is 35.6 Å². The van der Waals surface area contributed by atoms with Crippen molar-refractivity contribution in [3.8, 4) is 28.5 Å². The van der Waals surface area contributed by atoms with Crippen molar-refractivity contribution >= 4 is 44.2 Å². The number of thiazole rings is 1. The van der Waals surface area contributed by atoms with Crippen LogP contribution in [-0.4, -0.2) is 48.7 Å². The zero-order valence-corrected chi connectivity index (χ0v) is 28.2. The summed E-state index contributed by atoms with van der Waals surface area (Å²) in [5.41, 5.74) is 3.71. The smallest absolute Gasteiger partial charge is 0.407 e. The molecule has 0 fully saturated rings. The first-order valence-corrected chi connectivity index (χ1v) is 17.1. The zero-order chi connectivity index (χ0) is 34.4. The molecule has 0 aliphatic carbocycles. The number of ether oxygens (including phenoxy) is 1. The number of carbonyl (C=O) groups excluding carboxylic acids is 3. The van der Waals surface area contributed by atoms with E-state index in [9.17, 15) is 28.1 Å². The van der Waals surface area contributed by atoms with Crippen LogP contribution in [0.5, 0.6) is 0 Å². The molecule has 4 aromatic rings. The Morgan fingerprint density at radius 3 is 2.32 bits per heavy atom. The van der Waals surface area contributed by atoms with E-state index in [4.69, 9.17) is 4.74 Å². The maximum absolute atomic E-state index is 12.6. The van der Waals surface area contributed by atoms with Crippen molar-refractivity contribution in [3.63, 3.8) is 0 Å². The van der Waals surface area contributed by atoms with E-state index in [0.29, 0.717) is 28.5 Å². The Morgan fingerprint density at radius 2 is 1.66 bits per heavy atom. The highest BCUT2D eigenvalue weighted by atomic mass is 32.2. The van der Waals surface area contributed by atoms with E-state index < -0.39 is 38.6 Å². The van der Waals surface area contributed by atoms with Crippen molar-refractivity contribution in [2.24, 2.45) is 0 Å². The quantitative estimate of drug-likeness (QED) is 0.186. The number of benzene rings is 3. The van der Waals surface area contributed by atoms with Crippen molar-refractivity contribution in [1.82, 2.24) is 15.6 Å². The van der Waals surface area contributed by atoms with Crippen LogP contribution in [0.4, 0.5) is 9.93 Å². The second kappa shape index (κ2) is 14.6. The largest absolute Gasteiger partial charge is 0.444 e. The summed E-state index contributed by atoms with van der Waals surface area (Å²) in [5.74, 6) is -1.10. The Morgan fingerprint density at radius 1 is 0.957 bits per heavy atom. The van der Waals surface area contributed by atoms with Crippen molar-refractivity contribution in [1.29, 1.82) is 5.26 Å². The number of nitrogens with one attached hydrogen (secondary N) is 3. The molecule has 4 rings (SSSR count). The van der Waals surface area contributed by atoms with E-state index in [1.54, 1.807) is 52.1 Å². The lowest BCUT2D eigenvalue weighted by Crippen LogP contribution is -2.33. The van der Waals surface area contributed by atoms with Crippen LogP contribution in [0, 0.1) is 11.3 Å². The Bertz CT molecular complexity index is 1940. The number of sulfone groups is 1. The van der Waals surface area contributed by atoms with Gasteiger partial charge in [0.2, 0.25) is 5.91 Å². The highest BCUT2D eigenvalue weighted by molar-refractivity contribution is 7.92. The molecule has 1 heterocycles. The van der Waals surface area contributed by atoms with Crippen LogP contribution in [0.15, 0.2) is 77.0 Å². The maximum atomic E-state index is 12.6. The molecule has 244 valence electrons. The number of hydrogen-bond donors (Lipinski definition) is 3. The molecule has 13 heteroatoms. The van der Waals surface area contributed by atoms with Crippen molar-refractivity contribution in [2.75, 3.05) is 11.9 Å². The molecule has 0 radical (unpaired) electrons. The number of amides is 3. The van der Waals surface area contributed by atoms with Gasteiger partial charge in [0.25, 0.3) is 5.91 Å². The molecule has 0 bridgehead atoms. The van der Waals surface area contributed by atoms with E-state index in [1.807, 2.05) is 30.3 Å². The number of rotatable bonds is 10. The number of anilines is 1. The monoisotopic (exact) mass is 673 g/mol. The predicted octanol–water partition coefficient (Wildman–Crippen LogP) is 5.92. The molecular weight excluding hydrogens is 639 g/mol. The summed E-state index contributed by atoms with van der Waals surface area (Å²) in [6.07, 6.45) is -0.501. The second-order valence-corrected chi connectivity index (χ2v) is 15.2. The van der Waals surface area contributed by atoms with Gasteiger partial charge in [0.05, 0.1) is 34.0 Å². The number of alkyl carbamates (subject to hydrolysis) is 1. The van der Waals surface area contributed by atoms with Gasteiger partial charge in [-0.2, -0.15) is 5.26 Å². The third-order valence-corrected chi connectivity index (χ3v) is 9.60. The van der Waals surface area contributed by atoms with Gasteiger partial charge >= 0.3 is 6.09 Å². The summed E-state index contributed by atoms with van der Waals surface area (Å²) in [6, 6.07) is 20.8. The van der Waals surface area contributed by atoms with Crippen LogP contribution in [-0.2, 0) is 25.9 Å². The third-order valence-electron chi connectivity index (χ3n) is 6.69. The minimum absolute atomic E-state index is 0.0353. The fourth-order valence-electron chi connectivity index (χ4n) is 4.29. The highest BCUT2D eigenvalue weighted by Gasteiger charge is 2.21. The zero-order valence-electron chi connectivity index (χ0n) is 26.6. The summed E-state index contributed by atoms with van der Waals surface area (Å²) >= 11 is 1.19. The van der Waals surface area contributed by atoms with Crippen LogP contribution in [0.1, 0.15) is 56.1 Å². The average molecular weight is 674 g/mol. The molecule has 0 aliphatic rings. The van der Waals surface area contributed by atoms with Crippen LogP contribution >= 0.6 is 11.3 Å². The summed E-state index contributed by atoms with van der Waals surface area (Å²) in [4.78, 5) is 41.7. The van der Waals surface area contributed by atoms with Gasteiger partial charge in [-0.25, -0.2) is 18.2 Å². The fraction of sp³-hybridized carbons (Fsp3) is 0.265. The van der Waals surface area contributed by atoms with Crippen molar-refractivity contribution in [2.45, 2.75) is 56.9 Å². The minimum Gasteiger partial charge on any atom is -0.444 e. The number of nitriles is 1. The van der Waals surface area contributed by atoms with Gasteiger partial charge < -0.3 is 20.7 Å². The predicted molar refractivity (Wildman–Crippen MR) is 181 cm³/mol. The summed E-state index contributed by atoms with van der Waals surface area (Å²) in [7, 11) is -3.56. The molecule has 47 heavy (non-hydrogen) atoms. The van der Waals surface area contributed by atoms with Crippen molar-refractivity contribution < 1.29 is 27.5 Å². The topological polar surface area (TPSA) is 167 Å². The van der Waals surface area contributed by atoms with Gasteiger partial charge in [0.1, 0.15) is 5.60 Å². The molecule has 0 unspecified atom stereocenters. The lowest BCUT2D eigenvalue weighted by atomic mass is 9.98. The Labute approximate surface area is 277 Å². The van der Waals surface area contributed by atoms with Gasteiger partial charge in [0.15, 0.2) is 15.0 Å². The van der Waals surface area contributed by atoms with E-state index in [0.717, 1.165) is 16.7 Å². The lowest BCUT2D eigenvalue weighted by Gasteiger charge is -2.19. The molecule has 3 aromatic carbocycles. The molecule has 0 aliphatic heterocycles. The van der Waals surface area contributed by atoms with Crippen LogP contribution in [0.3, 0.4) is 0 Å². The summed E-state index contributed by atoms with van der Waals surface area (Å²) < 4.78 is 30.2. The Hall–Kier alpha value is -5.06. The van der Waals surface area contributed by atoms with Gasteiger partial charge in [-0.1, -0.05) is 30.3 Å². The number of hydrogen-bond acceptors (Lipinski definition) is 9. The molecule has 0 atom stereocenters. The summed E-state index contributed by atoms with van der Waals surface area (Å²) in [6.45, 7) is 8.45. The van der Waals surface area contributed by atoms with Gasteiger partial charge in [-0.05, 0) is 87.7 Å². The first-order chi connectivity index (χ1) is 22.1. The van der Waals surface area contributed by atoms with Gasteiger partial charge in [-0.15, -0.1) is 11.3 Å². The Kier molecular flexibility index (Phi) is 10.8. The van der Waals surface area contributed by atoms with Crippen LogP contribution in [0.2, 0.25) is 0 Å². The molecular formula is C34H35N5O6S2. The van der Waals surface area contributed by atoms with E-state index >= 15 is 0 Å². The Balaban J connectivity index is 1.39. The molecule has 0 saturated heterocycles. The normalized spacial score (nSPS) is 11.4. The number of carbonyl (C=O) groups is 3. The third kappa shape index (κ3) is 9.48. The molecule has 3 amide bonds. The lowest BCUT2D eigenvalue weighted by molar-refractivity contribution is -0.115. The summed E-state index contributed by atoms with van der Waals surface area (Å²) in [5, 5.41) is 19.0. The first kappa shape index (κ1) is 34.8. The van der Waals surface area contributed by atoms with Crippen LogP contribution < -0.4 is 16.0 Å². The molecule has 3 N–H and O–H groups in total. The second-order valence-electron chi connectivity index (χ2n) is 11.9. The molecule has 11 nitrogen and oxygen atoms in total. The molecule has 1 aromatic heterocycles. The first-order valence-electron chi connectivity index (χ1n) is 14.6. The number of aromatic nitrogens is 1. The van der Waals surface area contributed by atoms with E-state index in [-0.39, 0.29) is 17.0 Å². The fourth-order valence-corrected chi connectivity index (χ4v) is 6.13. The van der Waals surface area contributed by atoms with Crippen molar-refractivity contribution in [3.05, 3.63) is 88.8 Å². The van der Waals surface area contributed by atoms with E-state index in [2.05, 4.69) is 27.0 Å². The molecule has 0 saturated carbocycles. The minimum atomic E-state index is -3.56. The highest BCUT2D eigenvalue weighted by Crippen LogP contribution is 2.30. The van der Waals surface area contributed by atoms with Crippen LogP contribution in [0.25, 0.3) is 22.4 Å². The maximum Gasteiger partial charge on any atom is 0.407 e.